The topological polar surface area (TPSA) is 65.1 Å². The van der Waals surface area contributed by atoms with Crippen LogP contribution in [0, 0.1) is 5.41 Å². The number of hydrogen-bond donors (Lipinski definition) is 1. The Morgan fingerprint density at radius 1 is 1.23 bits per heavy atom. The largest absolute Gasteiger partial charge is 0.352 e. The fourth-order valence-electron chi connectivity index (χ4n) is 2.84. The molecule has 0 saturated carbocycles. The molecule has 0 aromatic carbocycles. The van der Waals surface area contributed by atoms with Crippen molar-refractivity contribution in [2.24, 2.45) is 5.41 Å². The Labute approximate surface area is 130 Å². The summed E-state index contributed by atoms with van der Waals surface area (Å²) in [5, 5.41) is 1.04. The zero-order valence-corrected chi connectivity index (χ0v) is 13.5. The highest BCUT2D eigenvalue weighted by Gasteiger charge is 2.26. The summed E-state index contributed by atoms with van der Waals surface area (Å²) in [5.41, 5.74) is 0.897. The summed E-state index contributed by atoms with van der Waals surface area (Å²) in [6.07, 6.45) is 4.07. The lowest BCUT2D eigenvalue weighted by Gasteiger charge is -2.36. The van der Waals surface area contributed by atoms with Gasteiger partial charge in [-0.15, -0.1) is 0 Å². The highest BCUT2D eigenvalue weighted by Crippen LogP contribution is 2.24. The van der Waals surface area contributed by atoms with Crippen molar-refractivity contribution in [1.82, 2.24) is 19.9 Å². The Morgan fingerprint density at radius 2 is 1.95 bits per heavy atom. The molecule has 0 bridgehead atoms. The van der Waals surface area contributed by atoms with E-state index in [0.29, 0.717) is 6.42 Å². The summed E-state index contributed by atoms with van der Waals surface area (Å²) in [5.74, 6) is 1.20. The van der Waals surface area contributed by atoms with Gasteiger partial charge in [0.25, 0.3) is 0 Å². The lowest BCUT2D eigenvalue weighted by Crippen LogP contribution is -2.49. The highest BCUT2D eigenvalue weighted by molar-refractivity contribution is 5.87. The highest BCUT2D eigenvalue weighted by atomic mass is 16.2. The first-order valence-corrected chi connectivity index (χ1v) is 7.75. The first-order valence-electron chi connectivity index (χ1n) is 7.75. The van der Waals surface area contributed by atoms with Crippen molar-refractivity contribution in [2.75, 3.05) is 31.1 Å². The number of hydrogen-bond acceptors (Lipinski definition) is 4. The van der Waals surface area contributed by atoms with Gasteiger partial charge in [-0.2, -0.15) is 0 Å². The molecule has 0 radical (unpaired) electrons. The van der Waals surface area contributed by atoms with E-state index in [1.807, 2.05) is 17.2 Å². The molecule has 1 fully saturated rings. The third-order valence-corrected chi connectivity index (χ3v) is 3.95. The molecule has 1 aliphatic rings. The minimum Gasteiger partial charge on any atom is -0.352 e. The fraction of sp³-hybridized carbons (Fsp3) is 0.562. The zero-order chi connectivity index (χ0) is 15.7. The number of aromatic nitrogens is 3. The minimum absolute atomic E-state index is 0.0398. The van der Waals surface area contributed by atoms with Crippen LogP contribution in [0.25, 0.3) is 11.0 Å². The molecule has 6 nitrogen and oxygen atoms in total. The van der Waals surface area contributed by atoms with E-state index >= 15 is 0 Å². The van der Waals surface area contributed by atoms with E-state index in [-0.39, 0.29) is 11.3 Å². The Hall–Kier alpha value is -2.11. The number of piperazine rings is 1. The lowest BCUT2D eigenvalue weighted by atomic mass is 9.91. The van der Waals surface area contributed by atoms with Gasteiger partial charge in [-0.1, -0.05) is 20.8 Å². The molecule has 2 aromatic heterocycles. The van der Waals surface area contributed by atoms with E-state index < -0.39 is 0 Å². The molecule has 1 amide bonds. The smallest absolute Gasteiger partial charge is 0.223 e. The zero-order valence-electron chi connectivity index (χ0n) is 13.5. The SMILES string of the molecule is CC(C)(C)CC(=O)N1CCN(c2ncnc3[nH]ccc23)CC1. The molecule has 1 saturated heterocycles. The van der Waals surface area contributed by atoms with Gasteiger partial charge in [0, 0.05) is 38.8 Å². The molecule has 0 spiro atoms. The normalized spacial score (nSPS) is 16.3. The second kappa shape index (κ2) is 5.59. The van der Waals surface area contributed by atoms with Crippen LogP contribution in [-0.4, -0.2) is 51.9 Å². The van der Waals surface area contributed by atoms with Crippen LogP contribution < -0.4 is 4.90 Å². The molecular formula is C16H23N5O. The van der Waals surface area contributed by atoms with Gasteiger partial charge < -0.3 is 14.8 Å². The van der Waals surface area contributed by atoms with E-state index in [0.717, 1.165) is 43.0 Å². The van der Waals surface area contributed by atoms with Gasteiger partial charge in [-0.25, -0.2) is 9.97 Å². The average Bonchev–Trinajstić information content (AvgIpc) is 2.94. The van der Waals surface area contributed by atoms with Crippen molar-refractivity contribution in [2.45, 2.75) is 27.2 Å². The minimum atomic E-state index is 0.0398. The summed E-state index contributed by atoms with van der Waals surface area (Å²) in [6.45, 7) is 9.44. The molecule has 3 heterocycles. The van der Waals surface area contributed by atoms with E-state index in [9.17, 15) is 4.79 Å². The fourth-order valence-corrected chi connectivity index (χ4v) is 2.84. The summed E-state index contributed by atoms with van der Waals surface area (Å²) in [6, 6.07) is 2.00. The van der Waals surface area contributed by atoms with E-state index in [1.165, 1.54) is 0 Å². The molecule has 3 rings (SSSR count). The van der Waals surface area contributed by atoms with Gasteiger partial charge in [-0.3, -0.25) is 4.79 Å². The predicted octanol–water partition coefficient (Wildman–Crippen LogP) is 2.04. The van der Waals surface area contributed by atoms with Crippen molar-refractivity contribution in [3.8, 4) is 0 Å². The standard InChI is InChI=1S/C16H23N5O/c1-16(2,3)10-13(22)20-6-8-21(9-7-20)15-12-4-5-17-14(12)18-11-19-15/h4-5,11H,6-10H2,1-3H3,(H,17,18,19). The molecule has 0 unspecified atom stereocenters. The molecule has 1 N–H and O–H groups in total. The van der Waals surface area contributed by atoms with Crippen LogP contribution in [0.5, 0.6) is 0 Å². The third-order valence-electron chi connectivity index (χ3n) is 3.95. The summed E-state index contributed by atoms with van der Waals surface area (Å²) in [4.78, 5) is 28.3. The molecule has 6 heteroatoms. The number of nitrogens with zero attached hydrogens (tertiary/aromatic N) is 4. The second-order valence-electron chi connectivity index (χ2n) is 7.04. The number of carbonyl (C=O) groups excluding carboxylic acids is 1. The number of nitrogens with one attached hydrogen (secondary N) is 1. The first-order chi connectivity index (χ1) is 10.4. The van der Waals surface area contributed by atoms with Crippen LogP contribution in [-0.2, 0) is 4.79 Å². The van der Waals surface area contributed by atoms with Crippen LogP contribution in [0.1, 0.15) is 27.2 Å². The van der Waals surface area contributed by atoms with Crippen molar-refractivity contribution in [3.63, 3.8) is 0 Å². The Balaban J connectivity index is 1.67. The number of carbonyl (C=O) groups is 1. The Bertz CT molecular complexity index is 664. The van der Waals surface area contributed by atoms with Crippen molar-refractivity contribution in [1.29, 1.82) is 0 Å². The van der Waals surface area contributed by atoms with Crippen molar-refractivity contribution in [3.05, 3.63) is 18.6 Å². The molecule has 1 aliphatic heterocycles. The number of fused-ring (bicyclic) bond motifs is 1. The van der Waals surface area contributed by atoms with Gasteiger partial charge >= 0.3 is 0 Å². The number of rotatable bonds is 2. The van der Waals surface area contributed by atoms with Crippen LogP contribution in [0.3, 0.4) is 0 Å². The maximum Gasteiger partial charge on any atom is 0.223 e. The summed E-state index contributed by atoms with van der Waals surface area (Å²) >= 11 is 0. The molecule has 2 aromatic rings. The quantitative estimate of drug-likeness (QED) is 0.922. The van der Waals surface area contributed by atoms with Crippen LogP contribution in [0.15, 0.2) is 18.6 Å². The van der Waals surface area contributed by atoms with Gasteiger partial charge in [-0.05, 0) is 11.5 Å². The Morgan fingerprint density at radius 3 is 2.64 bits per heavy atom. The monoisotopic (exact) mass is 301 g/mol. The van der Waals surface area contributed by atoms with Crippen molar-refractivity contribution < 1.29 is 4.79 Å². The van der Waals surface area contributed by atoms with Crippen LogP contribution in [0.2, 0.25) is 0 Å². The second-order valence-corrected chi connectivity index (χ2v) is 7.04. The number of anilines is 1. The van der Waals surface area contributed by atoms with Gasteiger partial charge in [0.1, 0.15) is 17.8 Å². The van der Waals surface area contributed by atoms with Gasteiger partial charge in [0.05, 0.1) is 5.39 Å². The van der Waals surface area contributed by atoms with Crippen LogP contribution in [0.4, 0.5) is 5.82 Å². The maximum atomic E-state index is 12.3. The Kier molecular flexibility index (Phi) is 3.76. The molecule has 22 heavy (non-hydrogen) atoms. The molecule has 0 aliphatic carbocycles. The molecular weight excluding hydrogens is 278 g/mol. The summed E-state index contributed by atoms with van der Waals surface area (Å²) < 4.78 is 0. The lowest BCUT2D eigenvalue weighted by molar-refractivity contribution is -0.133. The van der Waals surface area contributed by atoms with E-state index in [1.54, 1.807) is 6.33 Å². The van der Waals surface area contributed by atoms with E-state index in [4.69, 9.17) is 0 Å². The first kappa shape index (κ1) is 14.8. The molecule has 0 atom stereocenters. The van der Waals surface area contributed by atoms with Gasteiger partial charge in [0.15, 0.2) is 0 Å². The van der Waals surface area contributed by atoms with E-state index in [2.05, 4.69) is 40.6 Å². The number of aromatic amines is 1. The maximum absolute atomic E-state index is 12.3. The average molecular weight is 301 g/mol. The van der Waals surface area contributed by atoms with Gasteiger partial charge in [0.2, 0.25) is 5.91 Å². The third kappa shape index (κ3) is 3.05. The van der Waals surface area contributed by atoms with Crippen molar-refractivity contribution >= 4 is 22.8 Å². The molecule has 118 valence electrons. The number of amides is 1. The predicted molar refractivity (Wildman–Crippen MR) is 86.8 cm³/mol. The summed E-state index contributed by atoms with van der Waals surface area (Å²) in [7, 11) is 0. The van der Waals surface area contributed by atoms with Crippen LogP contribution >= 0.6 is 0 Å². The number of H-pyrrole nitrogens is 1.